The van der Waals surface area contributed by atoms with Crippen LogP contribution in [0, 0.1) is 6.92 Å². The Labute approximate surface area is 125 Å². The van der Waals surface area contributed by atoms with Gasteiger partial charge in [-0.3, -0.25) is 9.38 Å². The van der Waals surface area contributed by atoms with E-state index in [-0.39, 0.29) is 0 Å². The van der Waals surface area contributed by atoms with Crippen molar-refractivity contribution in [2.75, 3.05) is 6.61 Å². The first kappa shape index (κ1) is 13.1. The predicted molar refractivity (Wildman–Crippen MR) is 81.1 cm³/mol. The lowest BCUT2D eigenvalue weighted by Crippen LogP contribution is -2.05. The molecule has 0 bridgehead atoms. The zero-order valence-electron chi connectivity index (χ0n) is 11.1. The van der Waals surface area contributed by atoms with Crippen LogP contribution in [0.3, 0.4) is 0 Å². The molecule has 0 amide bonds. The molecule has 0 aliphatic heterocycles. The van der Waals surface area contributed by atoms with Crippen molar-refractivity contribution in [3.63, 3.8) is 0 Å². The van der Waals surface area contributed by atoms with Gasteiger partial charge in [0.2, 0.25) is 0 Å². The summed E-state index contributed by atoms with van der Waals surface area (Å²) in [5.74, 6) is 1.86. The lowest BCUT2D eigenvalue weighted by atomic mass is 10.2. The third kappa shape index (κ3) is 2.67. The van der Waals surface area contributed by atoms with E-state index in [0.29, 0.717) is 6.61 Å². The first-order valence-corrected chi connectivity index (χ1v) is 7.19. The Hall–Kier alpha value is -1.88. The van der Waals surface area contributed by atoms with Crippen LogP contribution in [0.5, 0.6) is 5.75 Å². The van der Waals surface area contributed by atoms with Crippen molar-refractivity contribution >= 4 is 21.4 Å². The van der Waals surface area contributed by atoms with E-state index in [1.807, 2.05) is 28.8 Å². The SMILES string of the molecule is Cc1cccc(OCCc2nc(Br)c3cnccn23)c1. The number of rotatable bonds is 4. The van der Waals surface area contributed by atoms with Gasteiger partial charge in [-0.2, -0.15) is 0 Å². The summed E-state index contributed by atoms with van der Waals surface area (Å²) in [5.41, 5.74) is 2.17. The fourth-order valence-electron chi connectivity index (χ4n) is 2.11. The van der Waals surface area contributed by atoms with Gasteiger partial charge in [0.05, 0.1) is 18.3 Å². The number of imidazole rings is 1. The van der Waals surface area contributed by atoms with Crippen molar-refractivity contribution in [1.82, 2.24) is 14.4 Å². The second-order valence-corrected chi connectivity index (χ2v) is 5.32. The van der Waals surface area contributed by atoms with Gasteiger partial charge in [-0.1, -0.05) is 12.1 Å². The van der Waals surface area contributed by atoms with E-state index in [9.17, 15) is 0 Å². The first-order chi connectivity index (χ1) is 9.74. The molecule has 2 aromatic heterocycles. The summed E-state index contributed by atoms with van der Waals surface area (Å²) in [6.45, 7) is 2.65. The van der Waals surface area contributed by atoms with Crippen LogP contribution in [0.1, 0.15) is 11.4 Å². The maximum absolute atomic E-state index is 5.76. The van der Waals surface area contributed by atoms with Gasteiger partial charge in [-0.25, -0.2) is 4.98 Å². The lowest BCUT2D eigenvalue weighted by Gasteiger charge is -2.06. The van der Waals surface area contributed by atoms with Crippen molar-refractivity contribution in [2.24, 2.45) is 0 Å². The molecule has 0 N–H and O–H groups in total. The topological polar surface area (TPSA) is 39.4 Å². The largest absolute Gasteiger partial charge is 0.493 e. The Morgan fingerprint density at radius 1 is 1.35 bits per heavy atom. The molecule has 1 aromatic carbocycles. The highest BCUT2D eigenvalue weighted by Gasteiger charge is 2.08. The molecule has 0 spiro atoms. The van der Waals surface area contributed by atoms with Crippen LogP contribution in [0.25, 0.3) is 5.52 Å². The molecule has 0 saturated heterocycles. The van der Waals surface area contributed by atoms with Gasteiger partial charge in [0.1, 0.15) is 16.2 Å². The maximum atomic E-state index is 5.76. The molecule has 102 valence electrons. The van der Waals surface area contributed by atoms with E-state index in [1.165, 1.54) is 5.56 Å². The van der Waals surface area contributed by atoms with Crippen molar-refractivity contribution in [3.8, 4) is 5.75 Å². The highest BCUT2D eigenvalue weighted by atomic mass is 79.9. The third-order valence-corrected chi connectivity index (χ3v) is 3.64. The average molecular weight is 332 g/mol. The van der Waals surface area contributed by atoms with Gasteiger partial charge >= 0.3 is 0 Å². The molecule has 3 rings (SSSR count). The predicted octanol–water partition coefficient (Wildman–Crippen LogP) is 3.42. The van der Waals surface area contributed by atoms with Gasteiger partial charge in [0.15, 0.2) is 0 Å². The molecule has 0 atom stereocenters. The summed E-state index contributed by atoms with van der Waals surface area (Å²) >= 11 is 3.45. The number of fused-ring (bicyclic) bond motifs is 1. The second kappa shape index (κ2) is 5.63. The maximum Gasteiger partial charge on any atom is 0.133 e. The second-order valence-electron chi connectivity index (χ2n) is 4.57. The fourth-order valence-corrected chi connectivity index (χ4v) is 2.60. The molecule has 2 heterocycles. The number of ether oxygens (including phenoxy) is 1. The Morgan fingerprint density at radius 3 is 3.10 bits per heavy atom. The Bertz CT molecular complexity index is 739. The molecular formula is C15H14BrN3O. The van der Waals surface area contributed by atoms with Crippen molar-refractivity contribution < 1.29 is 4.74 Å². The number of nitrogens with zero attached hydrogens (tertiary/aromatic N) is 3. The molecule has 0 aliphatic rings. The summed E-state index contributed by atoms with van der Waals surface area (Å²) in [5, 5.41) is 0. The van der Waals surface area contributed by atoms with Gasteiger partial charge < -0.3 is 4.74 Å². The monoisotopic (exact) mass is 331 g/mol. The molecule has 0 fully saturated rings. The summed E-state index contributed by atoms with van der Waals surface area (Å²) < 4.78 is 8.61. The number of aryl methyl sites for hydroxylation is 1. The molecule has 0 saturated carbocycles. The standard InChI is InChI=1S/C15H14BrN3O/c1-11-3-2-4-12(9-11)20-8-5-14-18-15(16)13-10-17-6-7-19(13)14/h2-4,6-7,9-10H,5,8H2,1H3. The molecule has 0 radical (unpaired) electrons. The number of halogens is 1. The smallest absolute Gasteiger partial charge is 0.133 e. The highest BCUT2D eigenvalue weighted by molar-refractivity contribution is 9.10. The lowest BCUT2D eigenvalue weighted by molar-refractivity contribution is 0.318. The number of hydrogen-bond acceptors (Lipinski definition) is 3. The molecular weight excluding hydrogens is 318 g/mol. The summed E-state index contributed by atoms with van der Waals surface area (Å²) in [6, 6.07) is 8.05. The molecule has 5 heteroatoms. The van der Waals surface area contributed by atoms with E-state index in [1.54, 1.807) is 12.4 Å². The van der Waals surface area contributed by atoms with E-state index in [4.69, 9.17) is 4.74 Å². The van der Waals surface area contributed by atoms with Crippen LogP contribution >= 0.6 is 15.9 Å². The molecule has 20 heavy (non-hydrogen) atoms. The highest BCUT2D eigenvalue weighted by Crippen LogP contribution is 2.18. The fraction of sp³-hybridized carbons (Fsp3) is 0.200. The van der Waals surface area contributed by atoms with Gasteiger partial charge in [0.25, 0.3) is 0 Å². The van der Waals surface area contributed by atoms with Crippen molar-refractivity contribution in [2.45, 2.75) is 13.3 Å². The normalized spacial score (nSPS) is 10.9. The quantitative estimate of drug-likeness (QED) is 0.735. The van der Waals surface area contributed by atoms with Gasteiger partial charge in [-0.15, -0.1) is 0 Å². The minimum absolute atomic E-state index is 0.595. The van der Waals surface area contributed by atoms with E-state index >= 15 is 0 Å². The molecule has 3 aromatic rings. The number of benzene rings is 1. The van der Waals surface area contributed by atoms with E-state index in [0.717, 1.165) is 28.1 Å². The number of hydrogen-bond donors (Lipinski definition) is 0. The number of aromatic nitrogens is 3. The third-order valence-electron chi connectivity index (χ3n) is 3.06. The summed E-state index contributed by atoms with van der Waals surface area (Å²) in [7, 11) is 0. The average Bonchev–Trinajstić information content (AvgIpc) is 2.77. The van der Waals surface area contributed by atoms with Crippen LogP contribution in [0.4, 0.5) is 0 Å². The van der Waals surface area contributed by atoms with Crippen LogP contribution in [-0.2, 0) is 6.42 Å². The van der Waals surface area contributed by atoms with Crippen LogP contribution in [0.2, 0.25) is 0 Å². The first-order valence-electron chi connectivity index (χ1n) is 6.40. The van der Waals surface area contributed by atoms with Crippen LogP contribution < -0.4 is 4.74 Å². The van der Waals surface area contributed by atoms with Gasteiger partial charge in [-0.05, 0) is 40.5 Å². The molecule has 0 aliphatic carbocycles. The Balaban J connectivity index is 1.71. The minimum Gasteiger partial charge on any atom is -0.493 e. The molecule has 0 unspecified atom stereocenters. The minimum atomic E-state index is 0.595. The van der Waals surface area contributed by atoms with E-state index < -0.39 is 0 Å². The van der Waals surface area contributed by atoms with Crippen molar-refractivity contribution in [1.29, 1.82) is 0 Å². The van der Waals surface area contributed by atoms with Crippen LogP contribution in [-0.4, -0.2) is 21.0 Å². The molecule has 4 nitrogen and oxygen atoms in total. The van der Waals surface area contributed by atoms with Crippen LogP contribution in [0.15, 0.2) is 47.5 Å². The summed E-state index contributed by atoms with van der Waals surface area (Å²) in [4.78, 5) is 8.60. The zero-order valence-corrected chi connectivity index (χ0v) is 12.7. The van der Waals surface area contributed by atoms with Crippen molar-refractivity contribution in [3.05, 3.63) is 58.8 Å². The Morgan fingerprint density at radius 2 is 2.25 bits per heavy atom. The van der Waals surface area contributed by atoms with E-state index in [2.05, 4.69) is 38.9 Å². The zero-order chi connectivity index (χ0) is 13.9. The Kier molecular flexibility index (Phi) is 3.69. The summed E-state index contributed by atoms with van der Waals surface area (Å²) in [6.07, 6.45) is 6.20. The van der Waals surface area contributed by atoms with Gasteiger partial charge in [0, 0.05) is 18.8 Å².